The molecule has 0 aliphatic heterocycles. The predicted octanol–water partition coefficient (Wildman–Crippen LogP) is 4.30. The molecule has 0 atom stereocenters. The van der Waals surface area contributed by atoms with Crippen molar-refractivity contribution in [2.45, 2.75) is 32.6 Å². The zero-order valence-electron chi connectivity index (χ0n) is 15.5. The third kappa shape index (κ3) is 3.87. The lowest BCUT2D eigenvalue weighted by molar-refractivity contribution is -0.115. The minimum absolute atomic E-state index is 0.0914. The van der Waals surface area contributed by atoms with Crippen LogP contribution in [0.5, 0.6) is 5.75 Å². The molecule has 2 N–H and O–H groups in total. The number of aromatic hydroxyl groups is 1. The Bertz CT molecular complexity index is 1050. The van der Waals surface area contributed by atoms with E-state index in [1.54, 1.807) is 12.1 Å². The monoisotopic (exact) mass is 485 g/mol. The molecule has 4 rings (SSSR count). The van der Waals surface area contributed by atoms with Crippen LogP contribution in [0.25, 0.3) is 11.3 Å². The summed E-state index contributed by atoms with van der Waals surface area (Å²) in [7, 11) is 0. The Morgan fingerprint density at radius 2 is 1.93 bits per heavy atom. The number of amides is 1. The van der Waals surface area contributed by atoms with Gasteiger partial charge in [0.1, 0.15) is 5.75 Å². The second-order valence-electron chi connectivity index (χ2n) is 6.86. The first-order valence-electron chi connectivity index (χ1n) is 9.30. The lowest BCUT2D eigenvalue weighted by Crippen LogP contribution is -2.19. The summed E-state index contributed by atoms with van der Waals surface area (Å²) in [6.07, 6.45) is 2.52. The molecule has 0 fully saturated rings. The fourth-order valence-corrected chi connectivity index (χ4v) is 3.84. The van der Waals surface area contributed by atoms with Gasteiger partial charge < -0.3 is 10.4 Å². The number of hydrogen-bond acceptors (Lipinski definition) is 4. The standard InChI is InChI=1S/C22H20IN3O2/c1-2-18-22(26-20(28)11-13-3-6-15(23)7-4-13)25-19-10-5-14-12-16(27)8-9-17(14)21(19)24-18/h3-4,6-9,12,27H,2,5,10-11H2,1H3,(H,25,26,28). The van der Waals surface area contributed by atoms with Gasteiger partial charge >= 0.3 is 0 Å². The lowest BCUT2D eigenvalue weighted by atomic mass is 9.91. The van der Waals surface area contributed by atoms with Crippen molar-refractivity contribution >= 4 is 34.3 Å². The zero-order valence-corrected chi connectivity index (χ0v) is 17.7. The molecular weight excluding hydrogens is 465 g/mol. The molecule has 1 amide bonds. The Labute approximate surface area is 177 Å². The van der Waals surface area contributed by atoms with Gasteiger partial charge in [-0.3, -0.25) is 4.79 Å². The normalized spacial score (nSPS) is 12.2. The van der Waals surface area contributed by atoms with Crippen LogP contribution in [0.4, 0.5) is 5.82 Å². The Hall–Kier alpha value is -2.48. The first kappa shape index (κ1) is 18.9. The highest BCUT2D eigenvalue weighted by Crippen LogP contribution is 2.34. The van der Waals surface area contributed by atoms with Crippen molar-refractivity contribution in [3.63, 3.8) is 0 Å². The molecule has 0 radical (unpaired) electrons. The summed E-state index contributed by atoms with van der Waals surface area (Å²) in [5, 5.41) is 12.7. The Kier molecular flexibility index (Phi) is 5.30. The van der Waals surface area contributed by atoms with E-state index in [1.165, 1.54) is 0 Å². The Morgan fingerprint density at radius 3 is 2.68 bits per heavy atom. The predicted molar refractivity (Wildman–Crippen MR) is 117 cm³/mol. The summed E-state index contributed by atoms with van der Waals surface area (Å²) in [5.41, 5.74) is 5.58. The summed E-state index contributed by atoms with van der Waals surface area (Å²) in [4.78, 5) is 22.1. The number of hydrogen-bond donors (Lipinski definition) is 2. The molecule has 1 aliphatic carbocycles. The summed E-state index contributed by atoms with van der Waals surface area (Å²) >= 11 is 2.25. The largest absolute Gasteiger partial charge is 0.508 e. The topological polar surface area (TPSA) is 75.1 Å². The number of anilines is 1. The number of phenols is 1. The van der Waals surface area contributed by atoms with Crippen LogP contribution in [0, 0.1) is 3.57 Å². The van der Waals surface area contributed by atoms with Gasteiger partial charge in [0, 0.05) is 9.13 Å². The smallest absolute Gasteiger partial charge is 0.229 e. The number of carbonyl (C=O) groups excluding carboxylic acids is 1. The molecule has 0 spiro atoms. The average Bonchev–Trinajstić information content (AvgIpc) is 2.68. The van der Waals surface area contributed by atoms with Gasteiger partial charge in [0.2, 0.25) is 5.91 Å². The van der Waals surface area contributed by atoms with Crippen LogP contribution in [0.3, 0.4) is 0 Å². The molecule has 142 valence electrons. The maximum Gasteiger partial charge on any atom is 0.229 e. The molecule has 3 aromatic rings. The molecule has 0 saturated carbocycles. The Balaban J connectivity index is 1.61. The van der Waals surface area contributed by atoms with Gasteiger partial charge in [-0.05, 0) is 83.3 Å². The molecule has 0 saturated heterocycles. The van der Waals surface area contributed by atoms with Crippen LogP contribution >= 0.6 is 22.6 Å². The third-order valence-electron chi connectivity index (χ3n) is 4.89. The van der Waals surface area contributed by atoms with E-state index in [1.807, 2.05) is 37.3 Å². The van der Waals surface area contributed by atoms with E-state index in [0.717, 1.165) is 50.2 Å². The van der Waals surface area contributed by atoms with E-state index in [2.05, 4.69) is 27.9 Å². The van der Waals surface area contributed by atoms with Gasteiger partial charge in [0.05, 0.1) is 23.5 Å². The van der Waals surface area contributed by atoms with Crippen LogP contribution in [-0.2, 0) is 30.5 Å². The number of phenolic OH excluding ortho intramolecular Hbond substituents is 1. The molecule has 1 aliphatic rings. The molecule has 1 aromatic heterocycles. The van der Waals surface area contributed by atoms with Gasteiger partial charge in [0.25, 0.3) is 0 Å². The number of fused-ring (bicyclic) bond motifs is 3. The highest BCUT2D eigenvalue weighted by molar-refractivity contribution is 14.1. The third-order valence-corrected chi connectivity index (χ3v) is 5.61. The van der Waals surface area contributed by atoms with Gasteiger partial charge in [-0.1, -0.05) is 19.1 Å². The number of benzene rings is 2. The number of carbonyl (C=O) groups is 1. The van der Waals surface area contributed by atoms with Gasteiger partial charge in [-0.25, -0.2) is 9.97 Å². The van der Waals surface area contributed by atoms with E-state index in [4.69, 9.17) is 9.97 Å². The van der Waals surface area contributed by atoms with Gasteiger partial charge in [-0.2, -0.15) is 0 Å². The van der Waals surface area contributed by atoms with E-state index in [-0.39, 0.29) is 11.7 Å². The Morgan fingerprint density at radius 1 is 1.14 bits per heavy atom. The number of rotatable bonds is 4. The minimum atomic E-state index is -0.0914. The summed E-state index contributed by atoms with van der Waals surface area (Å²) in [6.45, 7) is 2.01. The fraction of sp³-hybridized carbons (Fsp3) is 0.227. The van der Waals surface area contributed by atoms with Crippen LogP contribution in [0.1, 0.15) is 29.4 Å². The molecule has 0 bridgehead atoms. The second kappa shape index (κ2) is 7.87. The molecule has 0 unspecified atom stereocenters. The van der Waals surface area contributed by atoms with E-state index in [9.17, 15) is 9.90 Å². The van der Waals surface area contributed by atoms with Crippen molar-refractivity contribution in [1.82, 2.24) is 9.97 Å². The number of nitrogens with zero attached hydrogens (tertiary/aromatic N) is 2. The first-order chi connectivity index (χ1) is 13.5. The van der Waals surface area contributed by atoms with Crippen molar-refractivity contribution in [1.29, 1.82) is 0 Å². The molecule has 6 heteroatoms. The maximum absolute atomic E-state index is 12.5. The van der Waals surface area contributed by atoms with Crippen LogP contribution in [0.2, 0.25) is 0 Å². The summed E-state index contributed by atoms with van der Waals surface area (Å²) in [6, 6.07) is 13.3. The summed E-state index contributed by atoms with van der Waals surface area (Å²) in [5.74, 6) is 0.732. The highest BCUT2D eigenvalue weighted by atomic mass is 127. The van der Waals surface area contributed by atoms with E-state index >= 15 is 0 Å². The van der Waals surface area contributed by atoms with Crippen LogP contribution in [0.15, 0.2) is 42.5 Å². The molecule has 5 nitrogen and oxygen atoms in total. The van der Waals surface area contributed by atoms with Crippen molar-refractivity contribution in [2.24, 2.45) is 0 Å². The molecule has 28 heavy (non-hydrogen) atoms. The molecule has 2 aromatic carbocycles. The quantitative estimate of drug-likeness (QED) is 0.541. The minimum Gasteiger partial charge on any atom is -0.508 e. The van der Waals surface area contributed by atoms with Crippen molar-refractivity contribution in [3.8, 4) is 17.0 Å². The number of aryl methyl sites for hydroxylation is 3. The van der Waals surface area contributed by atoms with Gasteiger partial charge in [-0.15, -0.1) is 0 Å². The van der Waals surface area contributed by atoms with E-state index in [0.29, 0.717) is 18.7 Å². The van der Waals surface area contributed by atoms with Crippen LogP contribution < -0.4 is 5.32 Å². The SMILES string of the molecule is CCc1nc2c(nc1NC(=O)Cc1ccc(I)cc1)CCc1cc(O)ccc1-2. The van der Waals surface area contributed by atoms with Crippen LogP contribution in [-0.4, -0.2) is 21.0 Å². The summed E-state index contributed by atoms with van der Waals surface area (Å²) < 4.78 is 1.14. The first-order valence-corrected chi connectivity index (χ1v) is 10.4. The average molecular weight is 485 g/mol. The lowest BCUT2D eigenvalue weighted by Gasteiger charge is -2.20. The second-order valence-corrected chi connectivity index (χ2v) is 8.11. The van der Waals surface area contributed by atoms with Gasteiger partial charge in [0.15, 0.2) is 5.82 Å². The molecule has 1 heterocycles. The van der Waals surface area contributed by atoms with Crippen molar-refractivity contribution in [3.05, 3.63) is 68.5 Å². The van der Waals surface area contributed by atoms with E-state index < -0.39 is 0 Å². The number of nitrogens with one attached hydrogen (secondary N) is 1. The number of aromatic nitrogens is 2. The zero-order chi connectivity index (χ0) is 19.7. The van der Waals surface area contributed by atoms with Crippen molar-refractivity contribution < 1.29 is 9.90 Å². The highest BCUT2D eigenvalue weighted by Gasteiger charge is 2.22. The maximum atomic E-state index is 12.5. The molecular formula is C22H20IN3O2. The fourth-order valence-electron chi connectivity index (χ4n) is 3.48. The number of halogens is 1. The van der Waals surface area contributed by atoms with Crippen molar-refractivity contribution in [2.75, 3.05) is 5.32 Å².